The third-order valence-corrected chi connectivity index (χ3v) is 6.29. The predicted octanol–water partition coefficient (Wildman–Crippen LogP) is 1.97. The zero-order valence-corrected chi connectivity index (χ0v) is 15.9. The van der Waals surface area contributed by atoms with Crippen molar-refractivity contribution in [3.05, 3.63) is 30.6 Å². The first kappa shape index (κ1) is 18.4. The number of sulfonamides is 1. The van der Waals surface area contributed by atoms with Gasteiger partial charge in [0.1, 0.15) is 13.1 Å². The topological polar surface area (TPSA) is 112 Å². The molecule has 0 amide bonds. The van der Waals surface area contributed by atoms with E-state index in [-0.39, 0.29) is 17.6 Å². The molecule has 0 saturated heterocycles. The second kappa shape index (κ2) is 7.32. The van der Waals surface area contributed by atoms with E-state index in [9.17, 15) is 8.42 Å². The van der Waals surface area contributed by atoms with Gasteiger partial charge in [-0.1, -0.05) is 19.6 Å². The molecule has 0 unspecified atom stereocenters. The Hall–Kier alpha value is -1.91. The number of aromatic nitrogens is 3. The van der Waals surface area contributed by atoms with Crippen LogP contribution < -0.4 is 10.5 Å². The van der Waals surface area contributed by atoms with Crippen molar-refractivity contribution in [2.75, 3.05) is 17.1 Å². The maximum absolute atomic E-state index is 12.4. The summed E-state index contributed by atoms with van der Waals surface area (Å²) in [5.41, 5.74) is 6.07. The number of nitrogens with one attached hydrogen (secondary N) is 1. The number of nitrogens with zero attached hydrogens (tertiary/aromatic N) is 3. The SMILES string of the molecule is C[Si](C)(C)CCOCn1ncnc1NS(=O)(=O)c1ccc(N)cc1. The van der Waals surface area contributed by atoms with E-state index >= 15 is 0 Å². The first-order valence-electron chi connectivity index (χ1n) is 7.51. The molecule has 0 radical (unpaired) electrons. The molecule has 1 aromatic heterocycles. The smallest absolute Gasteiger partial charge is 0.264 e. The third kappa shape index (κ3) is 5.32. The molecule has 2 rings (SSSR count). The number of benzene rings is 1. The van der Waals surface area contributed by atoms with Gasteiger partial charge in [-0.25, -0.2) is 17.8 Å². The van der Waals surface area contributed by atoms with Gasteiger partial charge in [-0.05, 0) is 30.3 Å². The van der Waals surface area contributed by atoms with Crippen LogP contribution in [0.2, 0.25) is 25.7 Å². The summed E-state index contributed by atoms with van der Waals surface area (Å²) in [4.78, 5) is 4.04. The van der Waals surface area contributed by atoms with Crippen LogP contribution in [0, 0.1) is 0 Å². The molecule has 3 N–H and O–H groups in total. The Labute approximate surface area is 143 Å². The van der Waals surface area contributed by atoms with Gasteiger partial charge in [-0.2, -0.15) is 10.1 Å². The van der Waals surface area contributed by atoms with E-state index in [1.165, 1.54) is 35.3 Å². The molecule has 8 nitrogen and oxygen atoms in total. The number of nitrogen functional groups attached to an aromatic ring is 1. The van der Waals surface area contributed by atoms with Gasteiger partial charge in [0.2, 0.25) is 5.95 Å². The van der Waals surface area contributed by atoms with E-state index < -0.39 is 18.1 Å². The van der Waals surface area contributed by atoms with Crippen LogP contribution in [0.1, 0.15) is 0 Å². The summed E-state index contributed by atoms with van der Waals surface area (Å²) in [6, 6.07) is 6.94. The first-order valence-corrected chi connectivity index (χ1v) is 12.7. The average molecular weight is 370 g/mol. The zero-order valence-electron chi connectivity index (χ0n) is 14.1. The second-order valence-corrected chi connectivity index (χ2v) is 13.9. The van der Waals surface area contributed by atoms with Crippen molar-refractivity contribution in [3.63, 3.8) is 0 Å². The van der Waals surface area contributed by atoms with Crippen molar-refractivity contribution < 1.29 is 13.2 Å². The predicted molar refractivity (Wildman–Crippen MR) is 95.8 cm³/mol. The summed E-state index contributed by atoms with van der Waals surface area (Å²) >= 11 is 0. The van der Waals surface area contributed by atoms with Gasteiger partial charge in [0, 0.05) is 20.4 Å². The fourth-order valence-electron chi connectivity index (χ4n) is 1.79. The van der Waals surface area contributed by atoms with Gasteiger partial charge < -0.3 is 10.5 Å². The molecule has 2 aromatic rings. The molecule has 0 atom stereocenters. The Morgan fingerprint density at radius 1 is 1.25 bits per heavy atom. The molecule has 0 spiro atoms. The number of hydrogen-bond donors (Lipinski definition) is 2. The Morgan fingerprint density at radius 2 is 1.92 bits per heavy atom. The summed E-state index contributed by atoms with van der Waals surface area (Å²) in [5.74, 6) is 0.111. The van der Waals surface area contributed by atoms with Crippen molar-refractivity contribution >= 4 is 29.7 Å². The summed E-state index contributed by atoms with van der Waals surface area (Å²) < 4.78 is 34.1. The molecule has 1 aromatic carbocycles. The van der Waals surface area contributed by atoms with Gasteiger partial charge in [-0.3, -0.25) is 0 Å². The molecular formula is C14H23N5O3SSi. The van der Waals surface area contributed by atoms with E-state index in [0.717, 1.165) is 6.04 Å². The summed E-state index contributed by atoms with van der Waals surface area (Å²) in [5, 5.41) is 3.99. The second-order valence-electron chi connectivity index (χ2n) is 6.61. The molecule has 0 aliphatic rings. The van der Waals surface area contributed by atoms with Crippen molar-refractivity contribution in [3.8, 4) is 0 Å². The lowest BCUT2D eigenvalue weighted by molar-refractivity contribution is 0.0800. The van der Waals surface area contributed by atoms with Crippen molar-refractivity contribution in [2.45, 2.75) is 37.3 Å². The molecule has 1 heterocycles. The molecule has 10 heteroatoms. The van der Waals surface area contributed by atoms with E-state index in [4.69, 9.17) is 10.5 Å². The fraction of sp³-hybridized carbons (Fsp3) is 0.429. The first-order chi connectivity index (χ1) is 11.2. The van der Waals surface area contributed by atoms with Crippen LogP contribution >= 0.6 is 0 Å². The molecule has 0 bridgehead atoms. The van der Waals surface area contributed by atoms with Gasteiger partial charge in [0.25, 0.3) is 10.0 Å². The molecular weight excluding hydrogens is 346 g/mol. The number of hydrogen-bond acceptors (Lipinski definition) is 6. The lowest BCUT2D eigenvalue weighted by atomic mass is 10.3. The Kier molecular flexibility index (Phi) is 5.62. The van der Waals surface area contributed by atoms with Crippen LogP contribution in [0.5, 0.6) is 0 Å². The Bertz CT molecular complexity index is 768. The van der Waals surface area contributed by atoms with Crippen LogP contribution in [-0.4, -0.2) is 37.9 Å². The van der Waals surface area contributed by atoms with E-state index in [1.54, 1.807) is 0 Å². The van der Waals surface area contributed by atoms with Crippen LogP contribution in [-0.2, 0) is 21.5 Å². The lowest BCUT2D eigenvalue weighted by Gasteiger charge is -2.15. The molecule has 0 fully saturated rings. The van der Waals surface area contributed by atoms with Crippen molar-refractivity contribution in [1.29, 1.82) is 0 Å². The van der Waals surface area contributed by atoms with Crippen LogP contribution in [0.25, 0.3) is 0 Å². The minimum absolute atomic E-state index is 0.103. The van der Waals surface area contributed by atoms with E-state index in [1.807, 2.05) is 0 Å². The summed E-state index contributed by atoms with van der Waals surface area (Å²) in [6.07, 6.45) is 1.28. The van der Waals surface area contributed by atoms with Gasteiger partial charge in [0.15, 0.2) is 0 Å². The minimum atomic E-state index is -3.75. The van der Waals surface area contributed by atoms with Gasteiger partial charge in [-0.15, -0.1) is 0 Å². The standard InChI is InChI=1S/C14H23N5O3SSi/c1-24(2,3)9-8-22-11-19-14(16-10-17-19)18-23(20,21)13-6-4-12(15)5-7-13/h4-7,10H,8-9,11,15H2,1-3H3,(H,16,17,18). The maximum Gasteiger partial charge on any atom is 0.264 e. The van der Waals surface area contributed by atoms with Crippen LogP contribution in [0.15, 0.2) is 35.5 Å². The van der Waals surface area contributed by atoms with Crippen LogP contribution in [0.3, 0.4) is 0 Å². The maximum atomic E-state index is 12.4. The largest absolute Gasteiger partial charge is 0.399 e. The molecule has 0 aliphatic carbocycles. The minimum Gasteiger partial charge on any atom is -0.399 e. The third-order valence-electron chi connectivity index (χ3n) is 3.24. The zero-order chi connectivity index (χ0) is 17.8. The lowest BCUT2D eigenvalue weighted by Crippen LogP contribution is -2.22. The van der Waals surface area contributed by atoms with E-state index in [0.29, 0.717) is 12.3 Å². The van der Waals surface area contributed by atoms with Crippen molar-refractivity contribution in [1.82, 2.24) is 14.8 Å². The molecule has 132 valence electrons. The molecule has 0 saturated carbocycles. The monoisotopic (exact) mass is 369 g/mol. The average Bonchev–Trinajstić information content (AvgIpc) is 2.89. The van der Waals surface area contributed by atoms with Crippen LogP contribution in [0.4, 0.5) is 11.6 Å². The highest BCUT2D eigenvalue weighted by molar-refractivity contribution is 7.92. The summed E-state index contributed by atoms with van der Waals surface area (Å²) in [7, 11) is -4.93. The summed E-state index contributed by atoms with van der Waals surface area (Å²) in [6.45, 7) is 7.54. The highest BCUT2D eigenvalue weighted by Crippen LogP contribution is 2.16. The Balaban J connectivity index is 2.01. The molecule has 24 heavy (non-hydrogen) atoms. The highest BCUT2D eigenvalue weighted by atomic mass is 32.2. The number of rotatable bonds is 8. The van der Waals surface area contributed by atoms with Gasteiger partial charge in [0.05, 0.1) is 4.90 Å². The van der Waals surface area contributed by atoms with Crippen molar-refractivity contribution in [2.24, 2.45) is 0 Å². The quantitative estimate of drug-likeness (QED) is 0.418. The Morgan fingerprint density at radius 3 is 2.54 bits per heavy atom. The van der Waals surface area contributed by atoms with E-state index in [2.05, 4.69) is 34.4 Å². The van der Waals surface area contributed by atoms with Gasteiger partial charge >= 0.3 is 0 Å². The highest BCUT2D eigenvalue weighted by Gasteiger charge is 2.18. The number of ether oxygens (including phenoxy) is 1. The molecule has 0 aliphatic heterocycles. The number of anilines is 2. The fourth-order valence-corrected chi connectivity index (χ4v) is 3.56. The number of nitrogens with two attached hydrogens (primary N) is 1. The normalized spacial score (nSPS) is 12.3.